The summed E-state index contributed by atoms with van der Waals surface area (Å²) in [5, 5.41) is 9.67. The van der Waals surface area contributed by atoms with Gasteiger partial charge in [-0.3, -0.25) is 9.59 Å². The number of amides is 2. The van der Waals surface area contributed by atoms with Crippen molar-refractivity contribution in [1.82, 2.24) is 9.78 Å². The average molecular weight is 350 g/mol. The van der Waals surface area contributed by atoms with Crippen molar-refractivity contribution in [3.05, 3.63) is 66.6 Å². The molecule has 0 spiro atoms. The number of fused-ring (bicyclic) bond motifs is 1. The first-order chi connectivity index (χ1) is 12.6. The van der Waals surface area contributed by atoms with Gasteiger partial charge in [-0.1, -0.05) is 36.4 Å². The number of carbonyl (C=O) groups is 2. The van der Waals surface area contributed by atoms with E-state index in [1.54, 1.807) is 12.3 Å². The first-order valence-corrected chi connectivity index (χ1v) is 8.11. The summed E-state index contributed by atoms with van der Waals surface area (Å²) < 4.78 is 14.7. The van der Waals surface area contributed by atoms with E-state index < -0.39 is 11.9 Å². The van der Waals surface area contributed by atoms with Crippen LogP contribution in [-0.4, -0.2) is 21.6 Å². The molecule has 2 heterocycles. The van der Waals surface area contributed by atoms with E-state index in [0.717, 1.165) is 11.1 Å². The molecule has 2 N–H and O–H groups in total. The minimum atomic E-state index is -0.740. The molecule has 0 saturated carbocycles. The molecule has 0 saturated heterocycles. The number of aromatic nitrogens is 2. The highest BCUT2D eigenvalue weighted by molar-refractivity contribution is 6.04. The Bertz CT molecular complexity index is 984. The van der Waals surface area contributed by atoms with Crippen LogP contribution in [0.4, 0.5) is 15.9 Å². The molecule has 1 atom stereocenters. The Morgan fingerprint density at radius 1 is 1.19 bits per heavy atom. The molecule has 0 bridgehead atoms. The zero-order valence-electron chi connectivity index (χ0n) is 13.6. The number of rotatable bonds is 4. The Morgan fingerprint density at radius 2 is 2.00 bits per heavy atom. The van der Waals surface area contributed by atoms with Crippen LogP contribution in [0.3, 0.4) is 0 Å². The van der Waals surface area contributed by atoms with Gasteiger partial charge in [0.2, 0.25) is 5.91 Å². The predicted octanol–water partition coefficient (Wildman–Crippen LogP) is 3.21. The van der Waals surface area contributed by atoms with Gasteiger partial charge in [-0.25, -0.2) is 9.07 Å². The number of benzene rings is 2. The lowest BCUT2D eigenvalue weighted by Gasteiger charge is -2.10. The largest absolute Gasteiger partial charge is 0.326 e. The van der Waals surface area contributed by atoms with Crippen molar-refractivity contribution in [2.75, 3.05) is 10.6 Å². The highest BCUT2D eigenvalue weighted by Gasteiger charge is 2.35. The van der Waals surface area contributed by atoms with E-state index in [9.17, 15) is 14.0 Å². The Hall–Kier alpha value is -3.48. The van der Waals surface area contributed by atoms with Gasteiger partial charge in [-0.05, 0) is 23.8 Å². The van der Waals surface area contributed by atoms with Crippen LogP contribution in [0.1, 0.15) is 12.5 Å². The molecule has 1 aliphatic rings. The van der Waals surface area contributed by atoms with Crippen LogP contribution in [-0.2, 0) is 9.59 Å². The fourth-order valence-corrected chi connectivity index (χ4v) is 3.00. The summed E-state index contributed by atoms with van der Waals surface area (Å²) in [7, 11) is 0. The molecular formula is C19H15FN4O2. The molecule has 1 aliphatic heterocycles. The smallest absolute Gasteiger partial charge is 0.251 e. The molecule has 0 fully saturated rings. The lowest BCUT2D eigenvalue weighted by Crippen LogP contribution is -2.23. The molecule has 2 amide bonds. The van der Waals surface area contributed by atoms with Gasteiger partial charge in [0.1, 0.15) is 17.7 Å². The second-order valence-corrected chi connectivity index (χ2v) is 5.99. The van der Waals surface area contributed by atoms with Crippen LogP contribution in [0.2, 0.25) is 0 Å². The van der Waals surface area contributed by atoms with Crippen molar-refractivity contribution in [3.8, 4) is 11.1 Å². The maximum Gasteiger partial charge on any atom is 0.251 e. The SMILES string of the molecule is O=C(C[C@H]1C(=O)Nc2c(-c3ccccc3)cnn21)Nc1cccc(F)c1. The quantitative estimate of drug-likeness (QED) is 0.759. The average Bonchev–Trinajstić information content (AvgIpc) is 3.16. The number of halogens is 1. The first kappa shape index (κ1) is 16.0. The molecule has 2 aromatic carbocycles. The number of nitrogens with one attached hydrogen (secondary N) is 2. The molecule has 0 aliphatic carbocycles. The lowest BCUT2D eigenvalue weighted by atomic mass is 10.1. The molecule has 1 aromatic heterocycles. The van der Waals surface area contributed by atoms with Crippen LogP contribution in [0.5, 0.6) is 0 Å². The summed E-state index contributed by atoms with van der Waals surface area (Å²) >= 11 is 0. The third-order valence-electron chi connectivity index (χ3n) is 4.21. The van der Waals surface area contributed by atoms with Crippen molar-refractivity contribution in [2.24, 2.45) is 0 Å². The Morgan fingerprint density at radius 3 is 2.77 bits per heavy atom. The topological polar surface area (TPSA) is 76.0 Å². The molecule has 6 nitrogen and oxygen atoms in total. The second kappa shape index (κ2) is 6.44. The first-order valence-electron chi connectivity index (χ1n) is 8.11. The van der Waals surface area contributed by atoms with E-state index in [0.29, 0.717) is 11.5 Å². The molecular weight excluding hydrogens is 335 g/mol. The number of nitrogens with zero attached hydrogens (tertiary/aromatic N) is 2. The van der Waals surface area contributed by atoms with Crippen LogP contribution >= 0.6 is 0 Å². The second-order valence-electron chi connectivity index (χ2n) is 5.99. The van der Waals surface area contributed by atoms with Crippen LogP contribution in [0.25, 0.3) is 11.1 Å². The summed E-state index contributed by atoms with van der Waals surface area (Å²) in [5.41, 5.74) is 2.07. The fourth-order valence-electron chi connectivity index (χ4n) is 3.00. The van der Waals surface area contributed by atoms with E-state index >= 15 is 0 Å². The summed E-state index contributed by atoms with van der Waals surface area (Å²) in [5.74, 6) is -0.548. The molecule has 0 unspecified atom stereocenters. The van der Waals surface area contributed by atoms with Gasteiger partial charge in [0, 0.05) is 11.3 Å². The Kier molecular flexibility index (Phi) is 3.96. The van der Waals surface area contributed by atoms with Gasteiger partial charge in [0.05, 0.1) is 12.6 Å². The fraction of sp³-hybridized carbons (Fsp3) is 0.105. The lowest BCUT2D eigenvalue weighted by molar-refractivity contribution is -0.123. The molecule has 7 heteroatoms. The van der Waals surface area contributed by atoms with E-state index in [1.807, 2.05) is 30.3 Å². The number of hydrogen-bond donors (Lipinski definition) is 2. The van der Waals surface area contributed by atoms with Gasteiger partial charge in [0.15, 0.2) is 0 Å². The third-order valence-corrected chi connectivity index (χ3v) is 4.21. The Balaban J connectivity index is 1.53. The van der Waals surface area contributed by atoms with Crippen molar-refractivity contribution >= 4 is 23.3 Å². The molecule has 130 valence electrons. The van der Waals surface area contributed by atoms with Crippen LogP contribution in [0, 0.1) is 5.82 Å². The summed E-state index contributed by atoms with van der Waals surface area (Å²) in [4.78, 5) is 24.6. The van der Waals surface area contributed by atoms with E-state index in [2.05, 4.69) is 15.7 Å². The molecule has 0 radical (unpaired) electrons. The maximum absolute atomic E-state index is 13.2. The zero-order chi connectivity index (χ0) is 18.1. The number of anilines is 2. The predicted molar refractivity (Wildman–Crippen MR) is 95.0 cm³/mol. The van der Waals surface area contributed by atoms with Crippen molar-refractivity contribution in [3.63, 3.8) is 0 Å². The summed E-state index contributed by atoms with van der Waals surface area (Å²) in [6.07, 6.45) is 1.58. The maximum atomic E-state index is 13.2. The van der Waals surface area contributed by atoms with Gasteiger partial charge in [-0.2, -0.15) is 5.10 Å². The minimum Gasteiger partial charge on any atom is -0.326 e. The molecule has 4 rings (SSSR count). The number of hydrogen-bond acceptors (Lipinski definition) is 3. The highest BCUT2D eigenvalue weighted by atomic mass is 19.1. The van der Waals surface area contributed by atoms with Gasteiger partial charge >= 0.3 is 0 Å². The summed E-state index contributed by atoms with van der Waals surface area (Å²) in [6.45, 7) is 0. The van der Waals surface area contributed by atoms with E-state index in [-0.39, 0.29) is 18.2 Å². The van der Waals surface area contributed by atoms with Crippen molar-refractivity contribution in [2.45, 2.75) is 12.5 Å². The van der Waals surface area contributed by atoms with Gasteiger partial charge in [-0.15, -0.1) is 0 Å². The van der Waals surface area contributed by atoms with Gasteiger partial charge < -0.3 is 10.6 Å². The minimum absolute atomic E-state index is 0.0920. The molecule has 3 aromatic rings. The van der Waals surface area contributed by atoms with Gasteiger partial charge in [0.25, 0.3) is 5.91 Å². The normalized spacial score (nSPS) is 15.4. The van der Waals surface area contributed by atoms with E-state index in [4.69, 9.17) is 0 Å². The van der Waals surface area contributed by atoms with Crippen LogP contribution in [0.15, 0.2) is 60.8 Å². The zero-order valence-corrected chi connectivity index (χ0v) is 13.6. The van der Waals surface area contributed by atoms with Crippen LogP contribution < -0.4 is 10.6 Å². The van der Waals surface area contributed by atoms with Crippen molar-refractivity contribution < 1.29 is 14.0 Å². The van der Waals surface area contributed by atoms with Crippen molar-refractivity contribution in [1.29, 1.82) is 0 Å². The third kappa shape index (κ3) is 2.95. The van der Waals surface area contributed by atoms with E-state index in [1.165, 1.54) is 22.9 Å². The highest BCUT2D eigenvalue weighted by Crippen LogP contribution is 2.35. The Labute approximate surface area is 148 Å². The monoisotopic (exact) mass is 350 g/mol. The standard InChI is InChI=1S/C19H15FN4O2/c20-13-7-4-8-14(9-13)22-17(25)10-16-19(26)23-18-15(11-21-24(16)18)12-5-2-1-3-6-12/h1-9,11,16H,10H2,(H,22,25)(H,23,26)/t16-/m0/s1. The molecule has 26 heavy (non-hydrogen) atoms. The number of carbonyl (C=O) groups excluding carboxylic acids is 2. The summed E-state index contributed by atoms with van der Waals surface area (Å²) in [6, 6.07) is 14.4.